The molecule has 7 aromatic carbocycles. The van der Waals surface area contributed by atoms with Gasteiger partial charge in [-0.3, -0.25) is 0 Å². The largest absolute Gasteiger partial charge is 0.309 e. The summed E-state index contributed by atoms with van der Waals surface area (Å²) in [5, 5.41) is 5.04. The van der Waals surface area contributed by atoms with Crippen molar-refractivity contribution in [3.8, 4) is 39.1 Å². The molecule has 0 spiro atoms. The molecule has 192 valence electrons. The maximum atomic E-state index is 2.44. The third kappa shape index (κ3) is 3.94. The Kier molecular flexibility index (Phi) is 5.53. The van der Waals surface area contributed by atoms with Crippen molar-refractivity contribution in [2.75, 3.05) is 0 Å². The Bertz CT molecular complexity index is 2170. The Morgan fingerprint density at radius 1 is 0.341 bits per heavy atom. The van der Waals surface area contributed by atoms with Crippen LogP contribution >= 0.6 is 0 Å². The molecule has 0 N–H and O–H groups in total. The van der Waals surface area contributed by atoms with E-state index in [2.05, 4.69) is 168 Å². The van der Waals surface area contributed by atoms with E-state index in [9.17, 15) is 0 Å². The van der Waals surface area contributed by atoms with E-state index in [1.165, 1.54) is 66.0 Å². The quantitative estimate of drug-likeness (QED) is 0.217. The van der Waals surface area contributed by atoms with Crippen molar-refractivity contribution in [1.82, 2.24) is 4.57 Å². The average Bonchev–Trinajstić information content (AvgIpc) is 3.39. The number of hydrogen-bond donors (Lipinski definition) is 0. The van der Waals surface area contributed by atoms with E-state index >= 15 is 0 Å². The summed E-state index contributed by atoms with van der Waals surface area (Å²) in [6.45, 7) is 0. The monoisotopic (exact) mass is 521 g/mol. The summed E-state index contributed by atoms with van der Waals surface area (Å²) < 4.78 is 2.44. The minimum absolute atomic E-state index is 1.16. The van der Waals surface area contributed by atoms with E-state index in [0.717, 1.165) is 5.69 Å². The molecule has 0 radical (unpaired) electrons. The molecule has 1 aromatic heterocycles. The molecule has 8 aromatic rings. The zero-order chi connectivity index (χ0) is 27.2. The third-order valence-electron chi connectivity index (χ3n) is 8.17. The second kappa shape index (κ2) is 9.66. The molecule has 0 atom stereocenters. The molecule has 0 fully saturated rings. The van der Waals surface area contributed by atoms with Crippen molar-refractivity contribution in [2.45, 2.75) is 0 Å². The number of hydrogen-bond acceptors (Lipinski definition) is 0. The highest BCUT2D eigenvalue weighted by Gasteiger charge is 2.19. The minimum atomic E-state index is 1.16. The topological polar surface area (TPSA) is 4.93 Å². The van der Waals surface area contributed by atoms with Crippen LogP contribution < -0.4 is 0 Å². The Hall–Kier alpha value is -5.40. The van der Waals surface area contributed by atoms with Crippen LogP contribution in [0, 0.1) is 0 Å². The normalized spacial score (nSPS) is 11.4. The fourth-order valence-corrected chi connectivity index (χ4v) is 6.27. The molecule has 41 heavy (non-hydrogen) atoms. The van der Waals surface area contributed by atoms with Crippen molar-refractivity contribution in [3.63, 3.8) is 0 Å². The molecule has 0 saturated heterocycles. The summed E-state index contributed by atoms with van der Waals surface area (Å²) >= 11 is 0. The summed E-state index contributed by atoms with van der Waals surface area (Å²) in [6.07, 6.45) is 0. The molecule has 8 rings (SSSR count). The summed E-state index contributed by atoms with van der Waals surface area (Å²) in [5.74, 6) is 0. The Balaban J connectivity index is 1.52. The maximum absolute atomic E-state index is 2.44. The fourth-order valence-electron chi connectivity index (χ4n) is 6.27. The van der Waals surface area contributed by atoms with Crippen molar-refractivity contribution in [1.29, 1.82) is 0 Å². The molecule has 0 saturated carbocycles. The van der Waals surface area contributed by atoms with Crippen molar-refractivity contribution in [2.24, 2.45) is 0 Å². The molecule has 0 bridgehead atoms. The average molecular weight is 522 g/mol. The number of benzene rings is 7. The lowest BCUT2D eigenvalue weighted by atomic mass is 9.94. The molecule has 0 amide bonds. The molecule has 1 heterocycles. The fraction of sp³-hybridized carbons (Fsp3) is 0. The standard InChI is InChI=1S/C40H27N/c1-4-13-28(14-5-1)32-26-36(30-15-6-2-7-16-30)40-38(27-32)37-25-31(35-22-12-18-29-17-10-11-21-34(29)35)23-24-39(37)41(40)33-19-8-3-9-20-33/h1-27H. The predicted molar refractivity (Wildman–Crippen MR) is 175 cm³/mol. The van der Waals surface area contributed by atoms with E-state index in [1.807, 2.05) is 0 Å². The maximum Gasteiger partial charge on any atom is 0.0619 e. The van der Waals surface area contributed by atoms with Crippen LogP contribution in [-0.4, -0.2) is 4.57 Å². The highest BCUT2D eigenvalue weighted by molar-refractivity contribution is 6.16. The number of rotatable bonds is 4. The molecular formula is C40H27N. The third-order valence-corrected chi connectivity index (χ3v) is 8.17. The second-order valence-corrected chi connectivity index (χ2v) is 10.6. The van der Waals surface area contributed by atoms with Crippen molar-refractivity contribution < 1.29 is 0 Å². The highest BCUT2D eigenvalue weighted by atomic mass is 15.0. The smallest absolute Gasteiger partial charge is 0.0619 e. The zero-order valence-electron chi connectivity index (χ0n) is 22.5. The number of aromatic nitrogens is 1. The summed E-state index contributed by atoms with van der Waals surface area (Å²) in [7, 11) is 0. The van der Waals surface area contributed by atoms with Crippen LogP contribution in [0.5, 0.6) is 0 Å². The number of para-hydroxylation sites is 1. The number of fused-ring (bicyclic) bond motifs is 4. The zero-order valence-corrected chi connectivity index (χ0v) is 22.5. The Morgan fingerprint density at radius 3 is 1.76 bits per heavy atom. The predicted octanol–water partition coefficient (Wildman–Crippen LogP) is 10.9. The van der Waals surface area contributed by atoms with Gasteiger partial charge in [0.25, 0.3) is 0 Å². The first-order valence-electron chi connectivity index (χ1n) is 14.1. The van der Waals surface area contributed by atoms with Gasteiger partial charge in [0, 0.05) is 22.0 Å². The van der Waals surface area contributed by atoms with Crippen LogP contribution in [-0.2, 0) is 0 Å². The molecule has 0 aliphatic carbocycles. The van der Waals surface area contributed by atoms with Gasteiger partial charge in [0.15, 0.2) is 0 Å². The first-order valence-corrected chi connectivity index (χ1v) is 14.1. The lowest BCUT2D eigenvalue weighted by Gasteiger charge is -2.13. The van der Waals surface area contributed by atoms with Gasteiger partial charge in [0.05, 0.1) is 11.0 Å². The van der Waals surface area contributed by atoms with Crippen LogP contribution in [0.15, 0.2) is 164 Å². The summed E-state index contributed by atoms with van der Waals surface area (Å²) in [6, 6.07) is 59.2. The van der Waals surface area contributed by atoms with Gasteiger partial charge in [-0.2, -0.15) is 0 Å². The molecule has 0 aliphatic heterocycles. The molecule has 1 heteroatoms. The van der Waals surface area contributed by atoms with Crippen molar-refractivity contribution in [3.05, 3.63) is 164 Å². The number of nitrogens with zero attached hydrogens (tertiary/aromatic N) is 1. The van der Waals surface area contributed by atoms with E-state index in [1.54, 1.807) is 0 Å². The van der Waals surface area contributed by atoms with Gasteiger partial charge in [-0.1, -0.05) is 127 Å². The van der Waals surface area contributed by atoms with Crippen LogP contribution in [0.3, 0.4) is 0 Å². The lowest BCUT2D eigenvalue weighted by Crippen LogP contribution is -1.95. The van der Waals surface area contributed by atoms with Gasteiger partial charge in [-0.25, -0.2) is 0 Å². The van der Waals surface area contributed by atoms with Crippen LogP contribution in [0.4, 0.5) is 0 Å². The van der Waals surface area contributed by atoms with Gasteiger partial charge in [-0.05, 0) is 75.0 Å². The molecule has 1 nitrogen and oxygen atoms in total. The van der Waals surface area contributed by atoms with Gasteiger partial charge in [0.2, 0.25) is 0 Å². The van der Waals surface area contributed by atoms with E-state index < -0.39 is 0 Å². The molecular weight excluding hydrogens is 494 g/mol. The first kappa shape index (κ1) is 23.5. The van der Waals surface area contributed by atoms with Gasteiger partial charge < -0.3 is 4.57 Å². The molecule has 0 unspecified atom stereocenters. The summed E-state index contributed by atoms with van der Waals surface area (Å²) in [5.41, 5.74) is 11.0. The van der Waals surface area contributed by atoms with E-state index in [0.29, 0.717) is 0 Å². The van der Waals surface area contributed by atoms with Crippen molar-refractivity contribution >= 4 is 32.6 Å². The minimum Gasteiger partial charge on any atom is -0.309 e. The van der Waals surface area contributed by atoms with E-state index in [4.69, 9.17) is 0 Å². The molecule has 0 aliphatic rings. The van der Waals surface area contributed by atoms with Gasteiger partial charge in [0.1, 0.15) is 0 Å². The van der Waals surface area contributed by atoms with Crippen LogP contribution in [0.25, 0.3) is 71.6 Å². The van der Waals surface area contributed by atoms with Crippen LogP contribution in [0.2, 0.25) is 0 Å². The SMILES string of the molecule is c1ccc(-c2cc(-c3ccccc3)c3c(c2)c2cc(-c4cccc5ccccc45)ccc2n3-c2ccccc2)cc1. The van der Waals surface area contributed by atoms with Gasteiger partial charge in [-0.15, -0.1) is 0 Å². The Labute approximate surface area is 239 Å². The van der Waals surface area contributed by atoms with Gasteiger partial charge >= 0.3 is 0 Å². The lowest BCUT2D eigenvalue weighted by molar-refractivity contribution is 1.18. The van der Waals surface area contributed by atoms with Crippen LogP contribution in [0.1, 0.15) is 0 Å². The first-order chi connectivity index (χ1) is 20.3. The second-order valence-electron chi connectivity index (χ2n) is 10.6. The Morgan fingerprint density at radius 2 is 0.976 bits per heavy atom. The van der Waals surface area contributed by atoms with E-state index in [-0.39, 0.29) is 0 Å². The highest BCUT2D eigenvalue weighted by Crippen LogP contribution is 2.42. The summed E-state index contributed by atoms with van der Waals surface area (Å²) in [4.78, 5) is 0.